The zero-order valence-corrected chi connectivity index (χ0v) is 16.7. The lowest BCUT2D eigenvalue weighted by Crippen LogP contribution is -2.45. The number of para-hydroxylation sites is 1. The fourth-order valence-corrected chi connectivity index (χ4v) is 3.95. The van der Waals surface area contributed by atoms with Crippen molar-refractivity contribution in [1.29, 1.82) is 0 Å². The van der Waals surface area contributed by atoms with Gasteiger partial charge in [-0.15, -0.1) is 0 Å². The molecule has 1 amide bonds. The number of aliphatic hydroxyl groups is 1. The van der Waals surface area contributed by atoms with E-state index >= 15 is 0 Å². The van der Waals surface area contributed by atoms with Crippen molar-refractivity contribution >= 4 is 16.8 Å². The first-order valence-electron chi connectivity index (χ1n) is 10.2. The molecule has 3 aromatic rings. The van der Waals surface area contributed by atoms with Crippen LogP contribution in [-0.4, -0.2) is 33.1 Å². The maximum Gasteiger partial charge on any atom is 0.433 e. The van der Waals surface area contributed by atoms with E-state index in [0.717, 1.165) is 29.9 Å². The summed E-state index contributed by atoms with van der Waals surface area (Å²) in [5, 5.41) is 13.8. The Morgan fingerprint density at radius 2 is 1.90 bits per heavy atom. The molecular formula is C23H22F3N3O2. The van der Waals surface area contributed by atoms with Crippen LogP contribution in [0.25, 0.3) is 10.9 Å². The van der Waals surface area contributed by atoms with Gasteiger partial charge in [0.2, 0.25) is 0 Å². The van der Waals surface area contributed by atoms with Crippen LogP contribution in [-0.2, 0) is 12.6 Å². The number of carbonyl (C=O) groups excluding carboxylic acids is 1. The van der Waals surface area contributed by atoms with Gasteiger partial charge in [0.25, 0.3) is 5.91 Å². The number of nitrogens with one attached hydrogen (secondary N) is 1. The molecule has 1 aliphatic rings. The lowest BCUT2D eigenvalue weighted by atomic mass is 9.92. The number of nitrogens with zero attached hydrogens (tertiary/aromatic N) is 2. The van der Waals surface area contributed by atoms with E-state index in [1.54, 1.807) is 12.1 Å². The summed E-state index contributed by atoms with van der Waals surface area (Å²) in [6, 6.07) is 11.0. The molecule has 2 heterocycles. The molecule has 0 aliphatic heterocycles. The summed E-state index contributed by atoms with van der Waals surface area (Å²) >= 11 is 0. The number of halogens is 3. The summed E-state index contributed by atoms with van der Waals surface area (Å²) in [4.78, 5) is 20.8. The number of pyridine rings is 2. The van der Waals surface area contributed by atoms with Gasteiger partial charge in [-0.05, 0) is 48.6 Å². The normalized spacial score (nSPS) is 19.4. The molecule has 0 radical (unpaired) electrons. The maximum absolute atomic E-state index is 12.8. The fourth-order valence-electron chi connectivity index (χ4n) is 3.95. The van der Waals surface area contributed by atoms with E-state index in [2.05, 4.69) is 15.3 Å². The van der Waals surface area contributed by atoms with Gasteiger partial charge in [0.15, 0.2) is 0 Å². The van der Waals surface area contributed by atoms with E-state index in [0.29, 0.717) is 30.3 Å². The first-order valence-corrected chi connectivity index (χ1v) is 10.2. The molecule has 2 aromatic heterocycles. The molecule has 0 spiro atoms. The number of benzene rings is 1. The summed E-state index contributed by atoms with van der Waals surface area (Å²) in [6.45, 7) is 0. The van der Waals surface area contributed by atoms with Gasteiger partial charge in [0, 0.05) is 11.6 Å². The van der Waals surface area contributed by atoms with E-state index in [1.807, 2.05) is 18.2 Å². The average molecular weight is 429 g/mol. The Kier molecular flexibility index (Phi) is 5.91. The number of amides is 1. The summed E-state index contributed by atoms with van der Waals surface area (Å²) in [5.41, 5.74) is 1.25. The van der Waals surface area contributed by atoms with Crippen molar-refractivity contribution in [2.45, 2.75) is 50.4 Å². The van der Waals surface area contributed by atoms with Crippen LogP contribution >= 0.6 is 0 Å². The number of aliphatic hydroxyl groups excluding tert-OH is 1. The van der Waals surface area contributed by atoms with E-state index in [9.17, 15) is 23.1 Å². The first-order chi connectivity index (χ1) is 14.8. The third-order valence-corrected chi connectivity index (χ3v) is 5.59. The minimum absolute atomic E-state index is 0.214. The Morgan fingerprint density at radius 3 is 2.61 bits per heavy atom. The highest BCUT2D eigenvalue weighted by atomic mass is 19.4. The molecule has 5 nitrogen and oxygen atoms in total. The van der Waals surface area contributed by atoms with E-state index in [1.165, 1.54) is 12.3 Å². The minimum Gasteiger partial charge on any atom is -0.391 e. The highest BCUT2D eigenvalue weighted by Gasteiger charge is 2.32. The van der Waals surface area contributed by atoms with E-state index in [-0.39, 0.29) is 17.6 Å². The zero-order valence-electron chi connectivity index (χ0n) is 16.7. The Hall–Kier alpha value is -3.00. The van der Waals surface area contributed by atoms with Crippen molar-refractivity contribution < 1.29 is 23.1 Å². The molecule has 1 aliphatic carbocycles. The van der Waals surface area contributed by atoms with Crippen LogP contribution in [0.4, 0.5) is 13.2 Å². The molecular weight excluding hydrogens is 407 g/mol. The van der Waals surface area contributed by atoms with Crippen LogP contribution in [0.3, 0.4) is 0 Å². The predicted molar refractivity (Wildman–Crippen MR) is 110 cm³/mol. The first kappa shape index (κ1) is 21.2. The van der Waals surface area contributed by atoms with Crippen LogP contribution in [0, 0.1) is 0 Å². The molecule has 8 heteroatoms. The maximum atomic E-state index is 12.8. The predicted octanol–water partition coefficient (Wildman–Crippen LogP) is 4.27. The lowest BCUT2D eigenvalue weighted by Gasteiger charge is -2.28. The highest BCUT2D eigenvalue weighted by Crippen LogP contribution is 2.28. The molecule has 162 valence electrons. The number of hydrogen-bond acceptors (Lipinski definition) is 4. The van der Waals surface area contributed by atoms with Gasteiger partial charge in [-0.2, -0.15) is 13.2 Å². The van der Waals surface area contributed by atoms with Gasteiger partial charge in [-0.25, -0.2) is 4.98 Å². The van der Waals surface area contributed by atoms with Crippen LogP contribution in [0.5, 0.6) is 0 Å². The van der Waals surface area contributed by atoms with Gasteiger partial charge in [-0.1, -0.05) is 37.1 Å². The summed E-state index contributed by atoms with van der Waals surface area (Å²) in [7, 11) is 0. The van der Waals surface area contributed by atoms with E-state index < -0.39 is 18.0 Å². The number of alkyl halides is 3. The fraction of sp³-hybridized carbons (Fsp3) is 0.348. The van der Waals surface area contributed by atoms with Crippen molar-refractivity contribution in [2.75, 3.05) is 0 Å². The molecule has 0 bridgehead atoms. The number of carbonyl (C=O) groups is 1. The Balaban J connectivity index is 1.62. The molecule has 0 unspecified atom stereocenters. The number of aromatic nitrogens is 2. The highest BCUT2D eigenvalue weighted by molar-refractivity contribution is 5.96. The summed E-state index contributed by atoms with van der Waals surface area (Å²) in [5.74, 6) is -0.372. The third-order valence-electron chi connectivity index (χ3n) is 5.59. The van der Waals surface area contributed by atoms with Gasteiger partial charge in [0.1, 0.15) is 11.4 Å². The Labute approximate surface area is 177 Å². The smallest absolute Gasteiger partial charge is 0.391 e. The van der Waals surface area contributed by atoms with Gasteiger partial charge < -0.3 is 10.4 Å². The van der Waals surface area contributed by atoms with Gasteiger partial charge >= 0.3 is 6.18 Å². The second kappa shape index (κ2) is 8.63. The van der Waals surface area contributed by atoms with Crippen molar-refractivity contribution in [3.63, 3.8) is 0 Å². The van der Waals surface area contributed by atoms with Crippen LogP contribution in [0.1, 0.15) is 53.0 Å². The Morgan fingerprint density at radius 1 is 1.13 bits per heavy atom. The molecule has 1 saturated carbocycles. The molecule has 31 heavy (non-hydrogen) atoms. The number of fused-ring (bicyclic) bond motifs is 1. The molecule has 1 fully saturated rings. The number of rotatable bonds is 4. The molecule has 1 aromatic carbocycles. The quantitative estimate of drug-likeness (QED) is 0.650. The van der Waals surface area contributed by atoms with Crippen molar-refractivity contribution in [3.05, 3.63) is 71.2 Å². The lowest BCUT2D eigenvalue weighted by molar-refractivity contribution is -0.141. The van der Waals surface area contributed by atoms with Gasteiger partial charge in [-0.3, -0.25) is 9.78 Å². The van der Waals surface area contributed by atoms with Gasteiger partial charge in [0.05, 0.1) is 17.7 Å². The SMILES string of the molecule is O=C(N[C@H]1CCCC[C@@H]1O)c1cc(Cc2ccc(C(F)(F)F)nc2)c2ccccc2n1. The Bertz CT molecular complexity index is 1080. The largest absolute Gasteiger partial charge is 0.433 e. The van der Waals surface area contributed by atoms with Crippen molar-refractivity contribution in [1.82, 2.24) is 15.3 Å². The minimum atomic E-state index is -4.49. The second-order valence-electron chi connectivity index (χ2n) is 7.84. The second-order valence-corrected chi connectivity index (χ2v) is 7.84. The zero-order chi connectivity index (χ0) is 22.0. The standard InChI is InChI=1S/C23H22F3N3O2/c24-23(25,26)21-10-9-14(13-27-21)11-15-12-19(28-17-6-2-1-5-16(15)17)22(31)29-18-7-3-4-8-20(18)30/h1-2,5-6,9-10,12-13,18,20,30H,3-4,7-8,11H2,(H,29,31)/t18-,20-/m0/s1. The molecule has 0 saturated heterocycles. The number of hydrogen-bond donors (Lipinski definition) is 2. The van der Waals surface area contributed by atoms with Crippen LogP contribution in [0.2, 0.25) is 0 Å². The summed E-state index contributed by atoms with van der Waals surface area (Å²) in [6.07, 6.45) is -0.303. The molecule has 2 N–H and O–H groups in total. The van der Waals surface area contributed by atoms with Crippen LogP contribution in [0.15, 0.2) is 48.7 Å². The summed E-state index contributed by atoms with van der Waals surface area (Å²) < 4.78 is 38.4. The monoisotopic (exact) mass is 429 g/mol. The molecule has 2 atom stereocenters. The van der Waals surface area contributed by atoms with Crippen molar-refractivity contribution in [2.24, 2.45) is 0 Å². The molecule has 4 rings (SSSR count). The van der Waals surface area contributed by atoms with E-state index in [4.69, 9.17) is 0 Å². The van der Waals surface area contributed by atoms with Crippen LogP contribution < -0.4 is 5.32 Å². The average Bonchev–Trinajstić information content (AvgIpc) is 2.75. The third kappa shape index (κ3) is 4.85. The topological polar surface area (TPSA) is 75.1 Å². The van der Waals surface area contributed by atoms with Crippen molar-refractivity contribution in [3.8, 4) is 0 Å².